The molecule has 160 valence electrons. The number of nitrogens with zero attached hydrogens (tertiary/aromatic N) is 4. The highest BCUT2D eigenvalue weighted by molar-refractivity contribution is 6.01. The van der Waals surface area contributed by atoms with Crippen molar-refractivity contribution in [3.8, 4) is 11.3 Å². The molecule has 1 unspecified atom stereocenters. The number of hydrogen-bond donors (Lipinski definition) is 2. The van der Waals surface area contributed by atoms with Gasteiger partial charge in [0.15, 0.2) is 6.23 Å². The number of aliphatic hydroxyl groups is 1. The molecule has 9 heteroatoms. The summed E-state index contributed by atoms with van der Waals surface area (Å²) < 4.78 is 28.5. The molecule has 0 spiro atoms. The van der Waals surface area contributed by atoms with E-state index in [1.165, 1.54) is 4.90 Å². The number of likely N-dealkylation sites (tertiary alicyclic amines) is 1. The first-order valence-electron chi connectivity index (χ1n) is 10.1. The van der Waals surface area contributed by atoms with E-state index in [0.29, 0.717) is 5.56 Å². The number of piperidine rings is 1. The van der Waals surface area contributed by atoms with Crippen molar-refractivity contribution in [3.63, 3.8) is 0 Å². The Balaban J connectivity index is 1.48. The Morgan fingerprint density at radius 1 is 1.19 bits per heavy atom. The second-order valence-electron chi connectivity index (χ2n) is 7.99. The number of aliphatic hydroxyl groups excluding tert-OH is 1. The third-order valence-corrected chi connectivity index (χ3v) is 5.94. The molecule has 1 aromatic heterocycles. The van der Waals surface area contributed by atoms with Crippen LogP contribution in [0.5, 0.6) is 0 Å². The molecule has 31 heavy (non-hydrogen) atoms. The van der Waals surface area contributed by atoms with Gasteiger partial charge in [-0.1, -0.05) is 12.1 Å². The van der Waals surface area contributed by atoms with Gasteiger partial charge in [-0.15, -0.1) is 0 Å². The molecule has 1 saturated heterocycles. The van der Waals surface area contributed by atoms with Gasteiger partial charge < -0.3 is 10.0 Å². The smallest absolute Gasteiger partial charge is 0.253 e. The summed E-state index contributed by atoms with van der Waals surface area (Å²) in [6.45, 7) is 0.107. The van der Waals surface area contributed by atoms with E-state index in [4.69, 9.17) is 0 Å². The highest BCUT2D eigenvalue weighted by Crippen LogP contribution is 2.32. The molecule has 1 atom stereocenters. The van der Waals surface area contributed by atoms with Crippen LogP contribution in [0.1, 0.15) is 40.6 Å². The van der Waals surface area contributed by atoms with Crippen molar-refractivity contribution in [2.45, 2.75) is 25.0 Å². The normalized spacial score (nSPS) is 19.9. The molecule has 0 saturated carbocycles. The van der Waals surface area contributed by atoms with Crippen LogP contribution in [0.4, 0.5) is 8.78 Å². The minimum absolute atomic E-state index is 0.0535. The minimum atomic E-state index is -2.69. The van der Waals surface area contributed by atoms with E-state index in [2.05, 4.69) is 15.6 Å². The summed E-state index contributed by atoms with van der Waals surface area (Å²) in [6.07, 6.45) is 0.193. The van der Waals surface area contributed by atoms with Crippen LogP contribution in [0.3, 0.4) is 0 Å². The molecule has 1 amide bonds. The van der Waals surface area contributed by atoms with E-state index in [-0.39, 0.29) is 31.8 Å². The fourth-order valence-electron chi connectivity index (χ4n) is 4.15. The third-order valence-electron chi connectivity index (χ3n) is 5.94. The highest BCUT2D eigenvalue weighted by Gasteiger charge is 2.35. The van der Waals surface area contributed by atoms with Crippen molar-refractivity contribution in [1.29, 1.82) is 0 Å². The van der Waals surface area contributed by atoms with Crippen molar-refractivity contribution < 1.29 is 18.7 Å². The first-order valence-corrected chi connectivity index (χ1v) is 10.1. The fourth-order valence-corrected chi connectivity index (χ4v) is 4.15. The Kier molecular flexibility index (Phi) is 4.51. The molecule has 2 N–H and O–H groups in total. The van der Waals surface area contributed by atoms with Gasteiger partial charge in [-0.3, -0.25) is 14.9 Å². The molecular formula is C22H21F2N5O2. The number of halogens is 2. The maximum atomic E-state index is 13.4. The summed E-state index contributed by atoms with van der Waals surface area (Å²) in [5.41, 5.74) is 6.99. The molecule has 2 aromatic carbocycles. The summed E-state index contributed by atoms with van der Waals surface area (Å²) in [4.78, 5) is 14.3. The van der Waals surface area contributed by atoms with E-state index in [9.17, 15) is 18.7 Å². The van der Waals surface area contributed by atoms with Gasteiger partial charge >= 0.3 is 0 Å². The number of hydrogen-bond acceptors (Lipinski definition) is 5. The van der Waals surface area contributed by atoms with Crippen LogP contribution in [0.2, 0.25) is 0 Å². The van der Waals surface area contributed by atoms with Gasteiger partial charge in [0.2, 0.25) is 0 Å². The van der Waals surface area contributed by atoms with E-state index in [1.807, 2.05) is 24.3 Å². The lowest BCUT2D eigenvalue weighted by Gasteiger charge is -2.31. The Labute approximate surface area is 177 Å². The second kappa shape index (κ2) is 7.12. The molecule has 0 aliphatic carbocycles. The van der Waals surface area contributed by atoms with E-state index in [1.54, 1.807) is 30.1 Å². The molecule has 0 bridgehead atoms. The third kappa shape index (κ3) is 3.44. The summed E-state index contributed by atoms with van der Waals surface area (Å²) in [6, 6.07) is 10.9. The Morgan fingerprint density at radius 2 is 1.97 bits per heavy atom. The largest absolute Gasteiger partial charge is 0.368 e. The van der Waals surface area contributed by atoms with Gasteiger partial charge in [0.05, 0.1) is 11.7 Å². The number of carbonyl (C=O) groups excluding carboxylic acids is 1. The van der Waals surface area contributed by atoms with Crippen LogP contribution >= 0.6 is 0 Å². The maximum Gasteiger partial charge on any atom is 0.253 e. The lowest BCUT2D eigenvalue weighted by Crippen LogP contribution is -2.42. The van der Waals surface area contributed by atoms with Gasteiger partial charge in [0, 0.05) is 60.6 Å². The van der Waals surface area contributed by atoms with E-state index >= 15 is 0 Å². The van der Waals surface area contributed by atoms with Crippen molar-refractivity contribution >= 4 is 23.0 Å². The number of amides is 1. The fraction of sp³-hybridized carbons (Fsp3) is 0.318. The Bertz CT molecular complexity index is 1210. The van der Waals surface area contributed by atoms with Gasteiger partial charge in [-0.05, 0) is 24.3 Å². The number of aromatic nitrogens is 2. The van der Waals surface area contributed by atoms with Gasteiger partial charge in [-0.2, -0.15) is 10.2 Å². The number of nitrogens with one attached hydrogen (secondary N) is 1. The molecule has 0 radical (unpaired) electrons. The van der Waals surface area contributed by atoms with Crippen molar-refractivity contribution in [1.82, 2.24) is 20.1 Å². The average Bonchev–Trinajstić information content (AvgIpc) is 3.09. The van der Waals surface area contributed by atoms with Gasteiger partial charge in [0.25, 0.3) is 11.8 Å². The van der Waals surface area contributed by atoms with Crippen molar-refractivity contribution in [2.24, 2.45) is 12.1 Å². The van der Waals surface area contributed by atoms with Crippen LogP contribution in [-0.4, -0.2) is 50.9 Å². The van der Waals surface area contributed by atoms with Crippen LogP contribution < -0.4 is 5.43 Å². The number of rotatable bonds is 2. The number of alkyl halides is 2. The number of hydrazone groups is 1. The highest BCUT2D eigenvalue weighted by atomic mass is 19.3. The summed E-state index contributed by atoms with van der Waals surface area (Å²) in [5, 5.41) is 19.4. The average molecular weight is 425 g/mol. The predicted molar refractivity (Wildman–Crippen MR) is 112 cm³/mol. The standard InChI is InChI=1S/C22H21F2N5O2/c1-28-18-11-14(21(31)29-8-6-22(23,24)7-9-29)3-5-17(18)19(27-28)13-2-4-16-15(10-13)12-25-26-20(16)30/h2-5,10-12,20,26,30H,6-9H2,1H3. The number of benzene rings is 2. The SMILES string of the molecule is Cn1nc(-c2ccc3c(c2)C=NNC3O)c2ccc(C(=O)N3CCC(F)(F)CC3)cc21. The van der Waals surface area contributed by atoms with Gasteiger partial charge in [-0.25, -0.2) is 8.78 Å². The van der Waals surface area contributed by atoms with Crippen molar-refractivity contribution in [2.75, 3.05) is 13.1 Å². The quantitative estimate of drug-likeness (QED) is 0.661. The lowest BCUT2D eigenvalue weighted by molar-refractivity contribution is -0.0494. The van der Waals surface area contributed by atoms with Crippen LogP contribution in [0.25, 0.3) is 22.2 Å². The number of aryl methyl sites for hydroxylation is 1. The Hall–Kier alpha value is -3.33. The lowest BCUT2D eigenvalue weighted by atomic mass is 9.99. The molecular weight excluding hydrogens is 404 g/mol. The topological polar surface area (TPSA) is 82.7 Å². The Morgan fingerprint density at radius 3 is 2.74 bits per heavy atom. The van der Waals surface area contributed by atoms with Crippen LogP contribution in [-0.2, 0) is 7.05 Å². The second-order valence-corrected chi connectivity index (χ2v) is 7.99. The number of carbonyl (C=O) groups is 1. The summed E-state index contributed by atoms with van der Waals surface area (Å²) in [7, 11) is 1.80. The monoisotopic (exact) mass is 425 g/mol. The zero-order valence-electron chi connectivity index (χ0n) is 16.8. The first kappa shape index (κ1) is 19.6. The molecule has 3 aromatic rings. The molecule has 1 fully saturated rings. The number of fused-ring (bicyclic) bond motifs is 2. The van der Waals surface area contributed by atoms with Crippen LogP contribution in [0.15, 0.2) is 41.5 Å². The van der Waals surface area contributed by atoms with E-state index < -0.39 is 12.2 Å². The zero-order valence-corrected chi connectivity index (χ0v) is 16.8. The minimum Gasteiger partial charge on any atom is -0.368 e. The molecule has 3 heterocycles. The molecule has 2 aliphatic heterocycles. The predicted octanol–water partition coefficient (Wildman–Crippen LogP) is 3.04. The molecule has 7 nitrogen and oxygen atoms in total. The molecule has 2 aliphatic rings. The summed E-state index contributed by atoms with van der Waals surface area (Å²) in [5.74, 6) is -2.93. The van der Waals surface area contributed by atoms with Crippen LogP contribution in [0, 0.1) is 0 Å². The van der Waals surface area contributed by atoms with Crippen molar-refractivity contribution in [3.05, 3.63) is 53.1 Å². The van der Waals surface area contributed by atoms with E-state index in [0.717, 1.165) is 33.3 Å². The molecule has 5 rings (SSSR count). The van der Waals surface area contributed by atoms with Gasteiger partial charge in [0.1, 0.15) is 5.69 Å². The summed E-state index contributed by atoms with van der Waals surface area (Å²) >= 11 is 0. The first-order chi connectivity index (χ1) is 14.8. The maximum absolute atomic E-state index is 13.4. The zero-order chi connectivity index (χ0) is 21.8.